The molecule has 0 saturated heterocycles. The molecule has 1 heterocycles. The summed E-state index contributed by atoms with van der Waals surface area (Å²) in [7, 11) is 0. The van der Waals surface area contributed by atoms with Gasteiger partial charge in [-0.25, -0.2) is 0 Å². The van der Waals surface area contributed by atoms with E-state index in [0.717, 1.165) is 17.1 Å². The predicted molar refractivity (Wildman–Crippen MR) is 101 cm³/mol. The third-order valence-corrected chi connectivity index (χ3v) is 4.65. The van der Waals surface area contributed by atoms with Crippen molar-refractivity contribution in [3.05, 3.63) is 84.9 Å². The molecule has 4 aromatic carbocycles. The van der Waals surface area contributed by atoms with Crippen LogP contribution in [0.5, 0.6) is 11.5 Å². The molecule has 2 nitrogen and oxygen atoms in total. The first-order chi connectivity index (χ1) is 12.4. The fraction of sp³-hybridized carbons (Fsp3) is 0.0435. The van der Waals surface area contributed by atoms with Crippen LogP contribution in [0, 0.1) is 0 Å². The van der Waals surface area contributed by atoms with Crippen LogP contribution in [0.15, 0.2) is 84.9 Å². The van der Waals surface area contributed by atoms with E-state index in [-0.39, 0.29) is 0 Å². The maximum absolute atomic E-state index is 5.49. The molecule has 2 heteroatoms. The van der Waals surface area contributed by atoms with Gasteiger partial charge < -0.3 is 9.47 Å². The Hall–Kier alpha value is -3.26. The van der Waals surface area contributed by atoms with Gasteiger partial charge in [0.25, 0.3) is 0 Å². The van der Waals surface area contributed by atoms with Crippen molar-refractivity contribution >= 4 is 10.8 Å². The van der Waals surface area contributed by atoms with Crippen LogP contribution in [-0.4, -0.2) is 6.79 Å². The van der Waals surface area contributed by atoms with Crippen LogP contribution < -0.4 is 9.47 Å². The average Bonchev–Trinajstić information content (AvgIpc) is 3.15. The monoisotopic (exact) mass is 324 g/mol. The number of rotatable bonds is 2. The molecule has 0 aromatic heterocycles. The predicted octanol–water partition coefficient (Wildman–Crippen LogP) is 5.90. The van der Waals surface area contributed by atoms with Crippen molar-refractivity contribution in [2.45, 2.75) is 0 Å². The third kappa shape index (κ3) is 2.52. The van der Waals surface area contributed by atoms with Crippen LogP contribution in [0.2, 0.25) is 0 Å². The molecule has 0 atom stereocenters. The lowest BCUT2D eigenvalue weighted by Crippen LogP contribution is -1.92. The SMILES string of the molecule is c1ccc(-c2ccc3cc(-c4ccc5c(c4)OCO5)ccc3c2)cc1. The molecular formula is C23H16O2. The zero-order chi connectivity index (χ0) is 16.6. The van der Waals surface area contributed by atoms with Gasteiger partial charge in [0.2, 0.25) is 6.79 Å². The summed E-state index contributed by atoms with van der Waals surface area (Å²) in [6.07, 6.45) is 0. The normalized spacial score (nSPS) is 12.5. The quantitative estimate of drug-likeness (QED) is 0.457. The first-order valence-corrected chi connectivity index (χ1v) is 8.36. The smallest absolute Gasteiger partial charge is 0.231 e. The van der Waals surface area contributed by atoms with Crippen LogP contribution in [0.1, 0.15) is 0 Å². The van der Waals surface area contributed by atoms with Crippen LogP contribution in [0.4, 0.5) is 0 Å². The van der Waals surface area contributed by atoms with Gasteiger partial charge in [-0.2, -0.15) is 0 Å². The fourth-order valence-corrected chi connectivity index (χ4v) is 3.31. The Bertz CT molecular complexity index is 1070. The molecule has 0 saturated carbocycles. The van der Waals surface area contributed by atoms with Gasteiger partial charge in [0.05, 0.1) is 0 Å². The van der Waals surface area contributed by atoms with Crippen molar-refractivity contribution in [1.29, 1.82) is 0 Å². The van der Waals surface area contributed by atoms with Crippen LogP contribution in [-0.2, 0) is 0 Å². The highest BCUT2D eigenvalue weighted by Crippen LogP contribution is 2.36. The maximum atomic E-state index is 5.49. The first-order valence-electron chi connectivity index (χ1n) is 8.36. The topological polar surface area (TPSA) is 18.5 Å². The Morgan fingerprint density at radius 3 is 1.84 bits per heavy atom. The third-order valence-electron chi connectivity index (χ3n) is 4.65. The van der Waals surface area contributed by atoms with Crippen molar-refractivity contribution in [2.24, 2.45) is 0 Å². The maximum Gasteiger partial charge on any atom is 0.231 e. The van der Waals surface area contributed by atoms with E-state index in [2.05, 4.69) is 66.7 Å². The van der Waals surface area contributed by atoms with E-state index in [1.807, 2.05) is 18.2 Å². The second-order valence-electron chi connectivity index (χ2n) is 6.21. The van der Waals surface area contributed by atoms with Gasteiger partial charge in [-0.05, 0) is 57.3 Å². The molecule has 1 aliphatic heterocycles. The Balaban J connectivity index is 1.56. The first kappa shape index (κ1) is 14.1. The van der Waals surface area contributed by atoms with Gasteiger partial charge in [0.15, 0.2) is 11.5 Å². The summed E-state index contributed by atoms with van der Waals surface area (Å²) >= 11 is 0. The van der Waals surface area contributed by atoms with Gasteiger partial charge in [-0.3, -0.25) is 0 Å². The molecular weight excluding hydrogens is 308 g/mol. The largest absolute Gasteiger partial charge is 0.454 e. The minimum Gasteiger partial charge on any atom is -0.454 e. The van der Waals surface area contributed by atoms with Gasteiger partial charge in [-0.15, -0.1) is 0 Å². The molecule has 1 aliphatic rings. The number of hydrogen-bond acceptors (Lipinski definition) is 2. The standard InChI is InChI=1S/C23H16O2/c1-2-4-16(5-3-1)17-6-7-19-13-20(9-8-18(19)12-17)21-10-11-22-23(14-21)25-15-24-22/h1-14H,15H2. The summed E-state index contributed by atoms with van der Waals surface area (Å²) in [5.74, 6) is 1.63. The highest BCUT2D eigenvalue weighted by molar-refractivity contribution is 5.91. The Morgan fingerprint density at radius 2 is 1.08 bits per heavy atom. The van der Waals surface area contributed by atoms with E-state index in [9.17, 15) is 0 Å². The van der Waals surface area contributed by atoms with Crippen molar-refractivity contribution in [3.8, 4) is 33.8 Å². The average molecular weight is 324 g/mol. The van der Waals surface area contributed by atoms with Crippen molar-refractivity contribution in [1.82, 2.24) is 0 Å². The lowest BCUT2D eigenvalue weighted by atomic mass is 9.97. The van der Waals surface area contributed by atoms with E-state index in [0.29, 0.717) is 6.79 Å². The second-order valence-corrected chi connectivity index (χ2v) is 6.21. The fourth-order valence-electron chi connectivity index (χ4n) is 3.31. The van der Waals surface area contributed by atoms with Gasteiger partial charge in [0, 0.05) is 0 Å². The van der Waals surface area contributed by atoms with Gasteiger partial charge in [0.1, 0.15) is 0 Å². The van der Waals surface area contributed by atoms with E-state index in [1.54, 1.807) is 0 Å². The van der Waals surface area contributed by atoms with E-state index >= 15 is 0 Å². The number of benzene rings is 4. The summed E-state index contributed by atoms with van der Waals surface area (Å²) in [5, 5.41) is 2.47. The van der Waals surface area contributed by atoms with Gasteiger partial charge >= 0.3 is 0 Å². The molecule has 120 valence electrons. The number of fused-ring (bicyclic) bond motifs is 2. The van der Waals surface area contributed by atoms with Crippen LogP contribution in [0.3, 0.4) is 0 Å². The summed E-state index contributed by atoms with van der Waals surface area (Å²) in [4.78, 5) is 0. The molecule has 0 bridgehead atoms. The Kier molecular flexibility index (Phi) is 3.20. The molecule has 25 heavy (non-hydrogen) atoms. The minimum atomic E-state index is 0.304. The second kappa shape index (κ2) is 5.67. The van der Waals surface area contributed by atoms with E-state index in [1.165, 1.54) is 27.5 Å². The van der Waals surface area contributed by atoms with E-state index < -0.39 is 0 Å². The van der Waals surface area contributed by atoms with E-state index in [4.69, 9.17) is 9.47 Å². The zero-order valence-electron chi connectivity index (χ0n) is 13.6. The lowest BCUT2D eigenvalue weighted by molar-refractivity contribution is 0.174. The highest BCUT2D eigenvalue weighted by atomic mass is 16.7. The Labute approximate surface area is 146 Å². The molecule has 4 aromatic rings. The highest BCUT2D eigenvalue weighted by Gasteiger charge is 2.14. The van der Waals surface area contributed by atoms with Gasteiger partial charge in [-0.1, -0.05) is 60.7 Å². The molecule has 0 amide bonds. The summed E-state index contributed by atoms with van der Waals surface area (Å²) in [6, 6.07) is 29.7. The lowest BCUT2D eigenvalue weighted by Gasteiger charge is -2.08. The molecule has 0 aliphatic carbocycles. The minimum absolute atomic E-state index is 0.304. The molecule has 0 N–H and O–H groups in total. The summed E-state index contributed by atoms with van der Waals surface area (Å²) in [5.41, 5.74) is 4.80. The summed E-state index contributed by atoms with van der Waals surface area (Å²) in [6.45, 7) is 0.304. The zero-order valence-corrected chi connectivity index (χ0v) is 13.6. The van der Waals surface area contributed by atoms with Crippen molar-refractivity contribution < 1.29 is 9.47 Å². The Morgan fingerprint density at radius 1 is 0.480 bits per heavy atom. The molecule has 0 radical (unpaired) electrons. The molecule has 0 fully saturated rings. The molecule has 5 rings (SSSR count). The van der Waals surface area contributed by atoms with Crippen molar-refractivity contribution in [3.63, 3.8) is 0 Å². The number of ether oxygens (including phenoxy) is 2. The number of hydrogen-bond donors (Lipinski definition) is 0. The summed E-state index contributed by atoms with van der Waals surface area (Å²) < 4.78 is 10.9. The van der Waals surface area contributed by atoms with Crippen molar-refractivity contribution in [2.75, 3.05) is 6.79 Å². The van der Waals surface area contributed by atoms with Crippen LogP contribution in [0.25, 0.3) is 33.0 Å². The molecule has 0 spiro atoms. The molecule has 0 unspecified atom stereocenters. The van der Waals surface area contributed by atoms with Crippen LogP contribution >= 0.6 is 0 Å².